The summed E-state index contributed by atoms with van der Waals surface area (Å²) in [7, 11) is 0. The molecule has 0 heterocycles. The number of halogens is 1. The minimum absolute atomic E-state index is 0.491. The quantitative estimate of drug-likeness (QED) is 0.810. The molecule has 1 fully saturated rings. The zero-order valence-corrected chi connectivity index (χ0v) is 13.0. The lowest BCUT2D eigenvalue weighted by Crippen LogP contribution is -2.28. The third-order valence-electron chi connectivity index (χ3n) is 3.64. The van der Waals surface area contributed by atoms with Crippen LogP contribution in [-0.4, -0.2) is 19.1 Å². The summed E-state index contributed by atoms with van der Waals surface area (Å²) in [6.07, 6.45) is 2.79. The summed E-state index contributed by atoms with van der Waals surface area (Å²) in [5.41, 5.74) is 2.65. The van der Waals surface area contributed by atoms with E-state index in [4.69, 9.17) is 11.6 Å². The molecule has 1 N–H and O–H groups in total. The van der Waals surface area contributed by atoms with Gasteiger partial charge < -0.3 is 10.2 Å². The van der Waals surface area contributed by atoms with Gasteiger partial charge in [0.1, 0.15) is 0 Å². The number of hydrogen-bond acceptors (Lipinski definition) is 2. The Labute approximate surface area is 122 Å². The monoisotopic (exact) mass is 280 g/mol. The fourth-order valence-corrected chi connectivity index (χ4v) is 2.52. The third kappa shape index (κ3) is 4.39. The van der Waals surface area contributed by atoms with E-state index < -0.39 is 0 Å². The molecule has 0 aliphatic heterocycles. The maximum atomic E-state index is 6.15. The van der Waals surface area contributed by atoms with E-state index in [1.165, 1.54) is 30.6 Å². The Morgan fingerprint density at radius 1 is 1.37 bits per heavy atom. The Kier molecular flexibility index (Phi) is 5.12. The van der Waals surface area contributed by atoms with Gasteiger partial charge in [0.2, 0.25) is 0 Å². The van der Waals surface area contributed by atoms with E-state index in [0.29, 0.717) is 6.04 Å². The van der Waals surface area contributed by atoms with Crippen LogP contribution in [-0.2, 0) is 6.54 Å². The van der Waals surface area contributed by atoms with Crippen molar-refractivity contribution in [3.05, 3.63) is 28.8 Å². The molecule has 1 aromatic carbocycles. The van der Waals surface area contributed by atoms with Gasteiger partial charge in [-0.15, -0.1) is 0 Å². The minimum Gasteiger partial charge on any atom is -0.371 e. The molecule has 2 nitrogen and oxygen atoms in total. The number of rotatable bonds is 7. The molecule has 0 bridgehead atoms. The minimum atomic E-state index is 0.491. The van der Waals surface area contributed by atoms with Crippen LogP contribution in [0.3, 0.4) is 0 Å². The molecule has 0 atom stereocenters. The molecule has 1 aromatic rings. The molecule has 0 spiro atoms. The van der Waals surface area contributed by atoms with Crippen molar-refractivity contribution in [3.8, 4) is 0 Å². The summed E-state index contributed by atoms with van der Waals surface area (Å²) in [6.45, 7) is 9.71. The van der Waals surface area contributed by atoms with E-state index in [2.05, 4.69) is 43.1 Å². The molecular formula is C16H25ClN2. The highest BCUT2D eigenvalue weighted by Crippen LogP contribution is 2.33. The highest BCUT2D eigenvalue weighted by molar-refractivity contribution is 6.30. The molecule has 1 saturated carbocycles. The molecule has 0 saturated heterocycles. The number of hydrogen-bond donors (Lipinski definition) is 1. The Morgan fingerprint density at radius 2 is 2.11 bits per heavy atom. The van der Waals surface area contributed by atoms with Crippen molar-refractivity contribution >= 4 is 17.3 Å². The lowest BCUT2D eigenvalue weighted by atomic mass is 10.1. The van der Waals surface area contributed by atoms with E-state index in [1.807, 2.05) is 6.07 Å². The Hall–Kier alpha value is -0.730. The highest BCUT2D eigenvalue weighted by atomic mass is 35.5. The number of benzene rings is 1. The van der Waals surface area contributed by atoms with Gasteiger partial charge in [-0.05, 0) is 49.4 Å². The standard InChI is InChI=1S/C16H25ClN2/c1-4-19(11-13-5-6-13)16-8-7-15(17)9-14(16)10-18-12(2)3/h7-9,12-13,18H,4-6,10-11H2,1-3H3. The van der Waals surface area contributed by atoms with Crippen molar-refractivity contribution in [2.75, 3.05) is 18.0 Å². The van der Waals surface area contributed by atoms with Crippen LogP contribution in [0.5, 0.6) is 0 Å². The predicted molar refractivity (Wildman–Crippen MR) is 84.0 cm³/mol. The lowest BCUT2D eigenvalue weighted by Gasteiger charge is -2.26. The van der Waals surface area contributed by atoms with Gasteiger partial charge in [0.15, 0.2) is 0 Å². The van der Waals surface area contributed by atoms with Gasteiger partial charge in [-0.25, -0.2) is 0 Å². The van der Waals surface area contributed by atoms with Crippen molar-refractivity contribution in [2.24, 2.45) is 5.92 Å². The van der Waals surface area contributed by atoms with Gasteiger partial charge in [-0.3, -0.25) is 0 Å². The zero-order valence-electron chi connectivity index (χ0n) is 12.2. The fraction of sp³-hybridized carbons (Fsp3) is 0.625. The number of nitrogens with zero attached hydrogens (tertiary/aromatic N) is 1. The van der Waals surface area contributed by atoms with E-state index in [9.17, 15) is 0 Å². The van der Waals surface area contributed by atoms with Gasteiger partial charge in [0.25, 0.3) is 0 Å². The SMILES string of the molecule is CCN(CC1CC1)c1ccc(Cl)cc1CNC(C)C. The maximum Gasteiger partial charge on any atom is 0.0412 e. The first-order valence-electron chi connectivity index (χ1n) is 7.37. The van der Waals surface area contributed by atoms with E-state index in [1.54, 1.807) is 0 Å². The normalized spacial score (nSPS) is 15.0. The van der Waals surface area contributed by atoms with Crippen LogP contribution >= 0.6 is 11.6 Å². The molecule has 106 valence electrons. The van der Waals surface area contributed by atoms with E-state index in [-0.39, 0.29) is 0 Å². The molecule has 0 aromatic heterocycles. The van der Waals surface area contributed by atoms with Crippen LogP contribution in [0.15, 0.2) is 18.2 Å². The van der Waals surface area contributed by atoms with Gasteiger partial charge >= 0.3 is 0 Å². The number of anilines is 1. The molecule has 3 heteroatoms. The van der Waals surface area contributed by atoms with E-state index >= 15 is 0 Å². The molecule has 19 heavy (non-hydrogen) atoms. The van der Waals surface area contributed by atoms with Crippen LogP contribution in [0.25, 0.3) is 0 Å². The molecule has 0 amide bonds. The van der Waals surface area contributed by atoms with Crippen LogP contribution in [0.2, 0.25) is 5.02 Å². The summed E-state index contributed by atoms with van der Waals surface area (Å²) >= 11 is 6.15. The van der Waals surface area contributed by atoms with Crippen molar-refractivity contribution < 1.29 is 0 Å². The maximum absolute atomic E-state index is 6.15. The average molecular weight is 281 g/mol. The van der Waals surface area contributed by atoms with Crippen LogP contribution < -0.4 is 10.2 Å². The smallest absolute Gasteiger partial charge is 0.0412 e. The summed E-state index contributed by atoms with van der Waals surface area (Å²) in [4.78, 5) is 2.49. The summed E-state index contributed by atoms with van der Waals surface area (Å²) in [5, 5.41) is 4.32. The predicted octanol–water partition coefficient (Wildman–Crippen LogP) is 4.07. The lowest BCUT2D eigenvalue weighted by molar-refractivity contribution is 0.587. The molecule has 2 rings (SSSR count). The fourth-order valence-electron chi connectivity index (χ4n) is 2.33. The Morgan fingerprint density at radius 3 is 2.68 bits per heavy atom. The van der Waals surface area contributed by atoms with Gasteiger partial charge in [-0.2, -0.15) is 0 Å². The van der Waals surface area contributed by atoms with Crippen molar-refractivity contribution in [3.63, 3.8) is 0 Å². The zero-order chi connectivity index (χ0) is 13.8. The van der Waals surface area contributed by atoms with Crippen LogP contribution in [0, 0.1) is 5.92 Å². The summed E-state index contributed by atoms with van der Waals surface area (Å²) in [6, 6.07) is 6.77. The molecule has 0 unspecified atom stereocenters. The van der Waals surface area contributed by atoms with Crippen LogP contribution in [0.1, 0.15) is 39.2 Å². The summed E-state index contributed by atoms with van der Waals surface area (Å²) < 4.78 is 0. The molecular weight excluding hydrogens is 256 g/mol. The molecule has 1 aliphatic carbocycles. The van der Waals surface area contributed by atoms with Crippen molar-refractivity contribution in [1.29, 1.82) is 0 Å². The Balaban J connectivity index is 2.15. The molecule has 1 aliphatic rings. The van der Waals surface area contributed by atoms with E-state index in [0.717, 1.165) is 24.0 Å². The number of nitrogens with one attached hydrogen (secondary N) is 1. The average Bonchev–Trinajstić information content (AvgIpc) is 3.18. The van der Waals surface area contributed by atoms with Crippen molar-refractivity contribution in [2.45, 2.75) is 46.2 Å². The Bertz CT molecular complexity index is 413. The summed E-state index contributed by atoms with van der Waals surface area (Å²) in [5.74, 6) is 0.904. The second kappa shape index (κ2) is 6.62. The molecule has 0 radical (unpaired) electrons. The first-order valence-corrected chi connectivity index (χ1v) is 7.74. The van der Waals surface area contributed by atoms with Crippen LogP contribution in [0.4, 0.5) is 5.69 Å². The van der Waals surface area contributed by atoms with Crippen molar-refractivity contribution in [1.82, 2.24) is 5.32 Å². The first kappa shape index (κ1) is 14.7. The topological polar surface area (TPSA) is 15.3 Å². The largest absolute Gasteiger partial charge is 0.371 e. The first-order chi connectivity index (χ1) is 9.10. The second-order valence-corrected chi connectivity index (χ2v) is 6.23. The second-order valence-electron chi connectivity index (χ2n) is 5.79. The highest BCUT2D eigenvalue weighted by Gasteiger charge is 2.24. The van der Waals surface area contributed by atoms with Gasteiger partial charge in [0, 0.05) is 36.4 Å². The van der Waals surface area contributed by atoms with Gasteiger partial charge in [-0.1, -0.05) is 25.4 Å². The third-order valence-corrected chi connectivity index (χ3v) is 3.88. The van der Waals surface area contributed by atoms with Gasteiger partial charge in [0.05, 0.1) is 0 Å².